The molecule has 0 aromatic carbocycles. The van der Waals surface area contributed by atoms with Gasteiger partial charge in [0.2, 0.25) is 0 Å². The van der Waals surface area contributed by atoms with Crippen LogP contribution in [0.15, 0.2) is 0 Å². The zero-order valence-corrected chi connectivity index (χ0v) is 17.1. The molecule has 0 N–H and O–H groups in total. The van der Waals surface area contributed by atoms with E-state index in [0.717, 1.165) is 0 Å². The van der Waals surface area contributed by atoms with E-state index in [2.05, 4.69) is 0 Å². The molecule has 0 bridgehead atoms. The molecule has 0 aromatic heterocycles. The fourth-order valence-corrected chi connectivity index (χ4v) is 0. The molecule has 0 amide bonds. The second-order valence-electron chi connectivity index (χ2n) is 0. The van der Waals surface area contributed by atoms with Crippen molar-refractivity contribution < 1.29 is 163 Å². The number of hydrogen-bond donors (Lipinski definition) is 0. The van der Waals surface area contributed by atoms with E-state index in [1.54, 1.807) is 0 Å². The first-order valence-electron chi connectivity index (χ1n) is 0. The molecule has 0 fully saturated rings. The Hall–Kier alpha value is 4.02. The zero-order chi connectivity index (χ0) is 0. The average Bonchev–Trinajstić information content (AvgIpc) is 0. The third kappa shape index (κ3) is 147. The Morgan fingerprint density at radius 2 is 0.167 bits per heavy atom. The second kappa shape index (κ2) is 183. The van der Waals surface area contributed by atoms with Gasteiger partial charge in [-0.3, -0.25) is 0 Å². The van der Waals surface area contributed by atoms with Gasteiger partial charge in [0.25, 0.3) is 0 Å². The van der Waals surface area contributed by atoms with Gasteiger partial charge >= 0.3 is 134 Å². The predicted octanol–water partition coefficient (Wildman–Crippen LogP) is -18.0. The molecule has 0 aromatic rings. The third-order valence-electron chi connectivity index (χ3n) is 0. The molecule has 0 saturated carbocycles. The van der Waals surface area contributed by atoms with Crippen molar-refractivity contribution in [2.75, 3.05) is 0 Å². The van der Waals surface area contributed by atoms with Crippen LogP contribution in [-0.4, -0.2) is 0 Å². The van der Waals surface area contributed by atoms with Crippen LogP contribution >= 0.6 is 0 Å². The van der Waals surface area contributed by atoms with Gasteiger partial charge < -0.3 is 28.2 Å². The summed E-state index contributed by atoms with van der Waals surface area (Å²) in [6.45, 7) is 0. The van der Waals surface area contributed by atoms with Gasteiger partial charge in [0, 0.05) is 0 Å². The fraction of sp³-hybridized carbons (Fsp3) is 0. The van der Waals surface area contributed by atoms with Gasteiger partial charge in [-0.2, -0.15) is 0 Å². The van der Waals surface area contributed by atoms with E-state index < -0.39 is 0 Å². The number of hydrogen-bond acceptors (Lipinski definition) is 0. The van der Waals surface area contributed by atoms with Crippen molar-refractivity contribution >= 4 is 0 Å². The minimum Gasteiger partial charge on any atom is -1.00 e. The summed E-state index contributed by atoms with van der Waals surface area (Å²) in [4.78, 5) is 0. The molecule has 0 aliphatic heterocycles. The number of rotatable bonds is 0. The summed E-state index contributed by atoms with van der Waals surface area (Å²) in [5, 5.41) is 0. The first-order valence-corrected chi connectivity index (χ1v) is 0. The number of halogens is 6. The van der Waals surface area contributed by atoms with Crippen LogP contribution < -0.4 is 28.2 Å². The molecular weight excluding hydrogens is 1300 g/mol. The summed E-state index contributed by atoms with van der Waals surface area (Å²) in [6.07, 6.45) is 0. The molecule has 0 aliphatic carbocycles. The molecule has 108 valence electrons. The molecule has 0 nitrogen and oxygen atoms in total. The van der Waals surface area contributed by atoms with Gasteiger partial charge in [-0.25, -0.2) is 0 Å². The van der Waals surface area contributed by atoms with Crippen LogP contribution in [0.2, 0.25) is 0 Å². The predicted molar refractivity (Wildman–Crippen MR) is 0 cm³/mol. The Bertz CT molecular complexity index is 12.0. The van der Waals surface area contributed by atoms with Crippen LogP contribution in [0.25, 0.3) is 0 Å². The Kier molecular flexibility index (Phi) is 3400. The smallest absolute Gasteiger partial charge is 1.00 e. The third-order valence-corrected chi connectivity index (χ3v) is 0. The van der Waals surface area contributed by atoms with Crippen LogP contribution in [0.4, 0.5) is 0 Å². The van der Waals surface area contributed by atoms with Crippen LogP contribution in [0, 0.1) is 0 Å². The van der Waals surface area contributed by atoms with Crippen molar-refractivity contribution in [3.8, 4) is 0 Å². The van der Waals surface area contributed by atoms with E-state index >= 15 is 0 Å². The van der Waals surface area contributed by atoms with Gasteiger partial charge in [-0.15, -0.1) is 0 Å². The van der Waals surface area contributed by atoms with E-state index in [1.807, 2.05) is 0 Å². The Labute approximate surface area is 160 Å². The van der Waals surface area contributed by atoms with Crippen molar-refractivity contribution in [3.63, 3.8) is 0 Å². The Morgan fingerprint density at radius 3 is 0.167 bits per heavy atom. The van der Waals surface area contributed by atoms with E-state index in [0.29, 0.717) is 0 Å². The molecule has 0 heterocycles. The summed E-state index contributed by atoms with van der Waals surface area (Å²) < 4.78 is 0. The first kappa shape index (κ1) is 224. The fourth-order valence-electron chi connectivity index (χ4n) is 0. The minimum atomic E-state index is 0. The minimum absolute atomic E-state index is 0. The van der Waals surface area contributed by atoms with Crippen LogP contribution in [-0.2, 0) is 134 Å². The summed E-state index contributed by atoms with van der Waals surface area (Å²) in [6, 6.07) is 0. The molecule has 0 aliphatic rings. The van der Waals surface area contributed by atoms with Crippen molar-refractivity contribution in [2.45, 2.75) is 0 Å². The molecule has 12 heavy (non-hydrogen) atoms. The normalized spacial score (nSPS) is 0. The molecule has 0 rings (SSSR count). The van der Waals surface area contributed by atoms with Crippen LogP contribution in [0.1, 0.15) is 0 Å². The van der Waals surface area contributed by atoms with Gasteiger partial charge in [-0.1, -0.05) is 0 Å². The van der Waals surface area contributed by atoms with Crippen molar-refractivity contribution in [3.05, 3.63) is 0 Å². The molecule has 12 heteroatoms. The van der Waals surface area contributed by atoms with Gasteiger partial charge in [0.05, 0.1) is 0 Å². The molecule has 0 atom stereocenters. The maximum Gasteiger partial charge on any atom is 1.00 e. The van der Waals surface area contributed by atoms with E-state index in [4.69, 9.17) is 0 Å². The van der Waals surface area contributed by atoms with Gasteiger partial charge in [-0.05, 0) is 0 Å². The van der Waals surface area contributed by atoms with Crippen molar-refractivity contribution in [2.24, 2.45) is 0 Å². The van der Waals surface area contributed by atoms with Gasteiger partial charge in [0.1, 0.15) is 0 Å². The van der Waals surface area contributed by atoms with Crippen molar-refractivity contribution in [1.82, 2.24) is 0 Å². The quantitative estimate of drug-likeness (QED) is 0.168. The molecular formula is Au6F6. The van der Waals surface area contributed by atoms with E-state index in [-0.39, 0.29) is 163 Å². The summed E-state index contributed by atoms with van der Waals surface area (Å²) in [7, 11) is 0. The maximum absolute atomic E-state index is 0. The molecule has 0 unspecified atom stereocenters. The monoisotopic (exact) mass is 1300 g/mol. The van der Waals surface area contributed by atoms with Crippen LogP contribution in [0.5, 0.6) is 0 Å². The summed E-state index contributed by atoms with van der Waals surface area (Å²) in [5.74, 6) is 0. The standard InChI is InChI=1S/6Au.6FH/h;;;;;;6*1H/q6*+1;;;;;;/p-6. The second-order valence-corrected chi connectivity index (χ2v) is 0. The summed E-state index contributed by atoms with van der Waals surface area (Å²) in [5.41, 5.74) is 0. The first-order chi connectivity index (χ1) is 0. The molecule has 0 spiro atoms. The Morgan fingerprint density at radius 1 is 0.167 bits per heavy atom. The largest absolute Gasteiger partial charge is 1.00 e. The van der Waals surface area contributed by atoms with Gasteiger partial charge in [0.15, 0.2) is 0 Å². The van der Waals surface area contributed by atoms with E-state index in [9.17, 15) is 0 Å². The Balaban J connectivity index is 0. The molecule has 0 saturated heterocycles. The SMILES string of the molecule is [Au+].[Au+].[Au+].[Au+].[Au+].[Au+].[F-].[F-].[F-].[F-].[F-].[F-]. The zero-order valence-electron chi connectivity index (χ0n) is 4.08. The van der Waals surface area contributed by atoms with Crippen LogP contribution in [0.3, 0.4) is 0 Å². The maximum atomic E-state index is 0. The summed E-state index contributed by atoms with van der Waals surface area (Å²) >= 11 is 0. The average molecular weight is 1300 g/mol. The molecule has 0 radical (unpaired) electrons. The van der Waals surface area contributed by atoms with Crippen molar-refractivity contribution in [1.29, 1.82) is 0 Å². The van der Waals surface area contributed by atoms with E-state index in [1.165, 1.54) is 0 Å². The topological polar surface area (TPSA) is 0 Å².